The van der Waals surface area contributed by atoms with E-state index in [1.54, 1.807) is 0 Å². The molecule has 0 spiro atoms. The van der Waals surface area contributed by atoms with Crippen molar-refractivity contribution in [3.63, 3.8) is 0 Å². The fourth-order valence-corrected chi connectivity index (χ4v) is 3.54. The lowest BCUT2D eigenvalue weighted by molar-refractivity contribution is -0.188. The van der Waals surface area contributed by atoms with Gasteiger partial charge in [0, 0.05) is 12.0 Å². The SMILES string of the molecule is CC(C)OC[C@H]1C[C@@H](N2C(=O)NC(=O)C(O)(CO)C2O)CC1OC(C)C. The average Bonchev–Trinajstić information content (AvgIpc) is 2.92. The molecule has 9 nitrogen and oxygen atoms in total. The molecule has 0 bridgehead atoms. The quantitative estimate of drug-likeness (QED) is 0.476. The lowest BCUT2D eigenvalue weighted by Crippen LogP contribution is -2.73. The van der Waals surface area contributed by atoms with E-state index in [9.17, 15) is 24.9 Å². The molecule has 0 aromatic heterocycles. The Kier molecular flexibility index (Phi) is 6.62. The van der Waals surface area contributed by atoms with Crippen LogP contribution in [-0.4, -0.2) is 81.6 Å². The van der Waals surface area contributed by atoms with Crippen LogP contribution in [0.25, 0.3) is 0 Å². The summed E-state index contributed by atoms with van der Waals surface area (Å²) >= 11 is 0. The Morgan fingerprint density at radius 2 is 1.88 bits per heavy atom. The molecule has 2 fully saturated rings. The van der Waals surface area contributed by atoms with E-state index in [0.29, 0.717) is 19.4 Å². The maximum atomic E-state index is 12.3. The summed E-state index contributed by atoms with van der Waals surface area (Å²) < 4.78 is 11.6. The average molecular weight is 374 g/mol. The van der Waals surface area contributed by atoms with Crippen LogP contribution in [0.3, 0.4) is 0 Å². The molecule has 2 aliphatic rings. The molecule has 4 N–H and O–H groups in total. The second-order valence-electron chi connectivity index (χ2n) is 7.61. The minimum absolute atomic E-state index is 0.00430. The first-order chi connectivity index (χ1) is 12.1. The predicted octanol–water partition coefficient (Wildman–Crippen LogP) is -0.423. The Morgan fingerprint density at radius 1 is 1.23 bits per heavy atom. The van der Waals surface area contributed by atoms with Gasteiger partial charge < -0.3 is 24.8 Å². The van der Waals surface area contributed by atoms with Crippen molar-refractivity contribution >= 4 is 11.9 Å². The van der Waals surface area contributed by atoms with Gasteiger partial charge in [-0.1, -0.05) is 0 Å². The van der Waals surface area contributed by atoms with Crippen LogP contribution in [0.5, 0.6) is 0 Å². The minimum atomic E-state index is -2.45. The van der Waals surface area contributed by atoms with E-state index in [2.05, 4.69) is 0 Å². The van der Waals surface area contributed by atoms with Crippen LogP contribution >= 0.6 is 0 Å². The smallest absolute Gasteiger partial charge is 0.326 e. The molecule has 26 heavy (non-hydrogen) atoms. The molecule has 150 valence electrons. The Balaban J connectivity index is 2.18. The molecule has 0 radical (unpaired) electrons. The summed E-state index contributed by atoms with van der Waals surface area (Å²) in [5.74, 6) is -1.11. The van der Waals surface area contributed by atoms with Crippen LogP contribution in [0, 0.1) is 5.92 Å². The highest BCUT2D eigenvalue weighted by Crippen LogP contribution is 2.36. The zero-order valence-corrected chi connectivity index (χ0v) is 15.7. The van der Waals surface area contributed by atoms with Gasteiger partial charge in [-0.25, -0.2) is 4.79 Å². The number of rotatable bonds is 7. The molecule has 3 unspecified atom stereocenters. The van der Waals surface area contributed by atoms with E-state index in [-0.39, 0.29) is 24.2 Å². The van der Waals surface area contributed by atoms with Gasteiger partial charge in [-0.05, 0) is 40.5 Å². The van der Waals surface area contributed by atoms with Crippen LogP contribution in [0.2, 0.25) is 0 Å². The van der Waals surface area contributed by atoms with Crippen molar-refractivity contribution in [2.24, 2.45) is 5.92 Å². The van der Waals surface area contributed by atoms with Gasteiger partial charge in [-0.2, -0.15) is 0 Å². The summed E-state index contributed by atoms with van der Waals surface area (Å²) in [6.07, 6.45) is -1.05. The largest absolute Gasteiger partial charge is 0.393 e. The fraction of sp³-hybridized carbons (Fsp3) is 0.882. The lowest BCUT2D eigenvalue weighted by Gasteiger charge is -2.44. The van der Waals surface area contributed by atoms with Gasteiger partial charge in [0.25, 0.3) is 5.91 Å². The predicted molar refractivity (Wildman–Crippen MR) is 91.0 cm³/mol. The first-order valence-corrected chi connectivity index (χ1v) is 9.02. The standard InChI is InChI=1S/C17H30N2O7/c1-9(2)25-7-11-5-12(6-13(11)26-10(3)4)19-15(22)17(24,8-20)14(21)18-16(19)23/h9-13,15,20,22,24H,5-8H2,1-4H3,(H,18,21,23)/t11-,12-,13?,15?,17?/m1/s1. The number of urea groups is 1. The van der Waals surface area contributed by atoms with E-state index >= 15 is 0 Å². The summed E-state index contributed by atoms with van der Waals surface area (Å²) in [5.41, 5.74) is -2.45. The molecular weight excluding hydrogens is 344 g/mol. The topological polar surface area (TPSA) is 129 Å². The highest BCUT2D eigenvalue weighted by molar-refractivity contribution is 6.02. The number of carbonyl (C=O) groups excluding carboxylic acids is 2. The van der Waals surface area contributed by atoms with Crippen LogP contribution in [0.4, 0.5) is 4.79 Å². The first kappa shape index (κ1) is 21.0. The van der Waals surface area contributed by atoms with Crippen LogP contribution in [0.1, 0.15) is 40.5 Å². The molecule has 1 aliphatic carbocycles. The van der Waals surface area contributed by atoms with Crippen LogP contribution < -0.4 is 5.32 Å². The molecule has 0 aromatic carbocycles. The van der Waals surface area contributed by atoms with Crippen molar-refractivity contribution in [1.82, 2.24) is 10.2 Å². The van der Waals surface area contributed by atoms with E-state index in [1.807, 2.05) is 33.0 Å². The molecule has 5 atom stereocenters. The van der Waals surface area contributed by atoms with Gasteiger partial charge in [-0.15, -0.1) is 0 Å². The van der Waals surface area contributed by atoms with Gasteiger partial charge >= 0.3 is 6.03 Å². The summed E-state index contributed by atoms with van der Waals surface area (Å²) in [4.78, 5) is 25.1. The third kappa shape index (κ3) is 4.17. The number of hydrogen-bond donors (Lipinski definition) is 4. The van der Waals surface area contributed by atoms with Crippen LogP contribution in [-0.2, 0) is 14.3 Å². The van der Waals surface area contributed by atoms with Crippen LogP contribution in [0.15, 0.2) is 0 Å². The number of hydrogen-bond acceptors (Lipinski definition) is 7. The fourth-order valence-electron chi connectivity index (χ4n) is 3.54. The van der Waals surface area contributed by atoms with Crippen molar-refractivity contribution in [2.75, 3.05) is 13.2 Å². The third-order valence-electron chi connectivity index (χ3n) is 4.87. The van der Waals surface area contributed by atoms with Gasteiger partial charge in [0.15, 0.2) is 6.23 Å². The second-order valence-corrected chi connectivity index (χ2v) is 7.61. The van der Waals surface area contributed by atoms with E-state index in [1.165, 1.54) is 0 Å². The molecule has 1 aliphatic heterocycles. The van der Waals surface area contributed by atoms with Crippen molar-refractivity contribution in [2.45, 2.75) is 76.7 Å². The summed E-state index contributed by atoms with van der Waals surface area (Å²) in [7, 11) is 0. The summed E-state index contributed by atoms with van der Waals surface area (Å²) in [6.45, 7) is 7.14. The number of aliphatic hydroxyl groups is 3. The molecule has 1 saturated carbocycles. The Bertz CT molecular complexity index is 527. The highest BCUT2D eigenvalue weighted by atomic mass is 16.5. The summed E-state index contributed by atoms with van der Waals surface area (Å²) in [5, 5.41) is 32.0. The number of carbonyl (C=O) groups is 2. The zero-order chi connectivity index (χ0) is 19.6. The number of nitrogens with zero attached hydrogens (tertiary/aromatic N) is 1. The number of imide groups is 1. The maximum Gasteiger partial charge on any atom is 0.326 e. The number of aliphatic hydroxyl groups excluding tert-OH is 2. The van der Waals surface area contributed by atoms with Gasteiger partial charge in [-0.3, -0.25) is 15.0 Å². The van der Waals surface area contributed by atoms with E-state index in [4.69, 9.17) is 9.47 Å². The normalized spacial score (nSPS) is 35.5. The molecule has 3 amide bonds. The Labute approximate surface area is 153 Å². The van der Waals surface area contributed by atoms with Gasteiger partial charge in [0.2, 0.25) is 5.60 Å². The Morgan fingerprint density at radius 3 is 2.42 bits per heavy atom. The van der Waals surface area contributed by atoms with Crippen molar-refractivity contribution in [1.29, 1.82) is 0 Å². The van der Waals surface area contributed by atoms with Crippen molar-refractivity contribution in [3.05, 3.63) is 0 Å². The second kappa shape index (κ2) is 8.18. The molecule has 1 saturated heterocycles. The zero-order valence-electron chi connectivity index (χ0n) is 15.7. The molecule has 0 aromatic rings. The maximum absolute atomic E-state index is 12.3. The van der Waals surface area contributed by atoms with Crippen molar-refractivity contribution < 1.29 is 34.4 Å². The highest BCUT2D eigenvalue weighted by Gasteiger charge is 2.55. The number of amides is 3. The number of ether oxygens (including phenoxy) is 2. The monoisotopic (exact) mass is 374 g/mol. The summed E-state index contributed by atoms with van der Waals surface area (Å²) in [6, 6.07) is -1.25. The number of nitrogens with one attached hydrogen (secondary N) is 1. The minimum Gasteiger partial charge on any atom is -0.393 e. The third-order valence-corrected chi connectivity index (χ3v) is 4.87. The van der Waals surface area contributed by atoms with E-state index in [0.717, 1.165) is 4.90 Å². The lowest BCUT2D eigenvalue weighted by atomic mass is 9.97. The van der Waals surface area contributed by atoms with E-state index < -0.39 is 36.4 Å². The Hall–Kier alpha value is -1.26. The van der Waals surface area contributed by atoms with Gasteiger partial charge in [0.1, 0.15) is 0 Å². The molecule has 9 heteroatoms. The molecule has 1 heterocycles. The molecular formula is C17H30N2O7. The molecule has 2 rings (SSSR count). The van der Waals surface area contributed by atoms with Gasteiger partial charge in [0.05, 0.1) is 31.5 Å². The first-order valence-electron chi connectivity index (χ1n) is 9.02. The van der Waals surface area contributed by atoms with Crippen molar-refractivity contribution in [3.8, 4) is 0 Å².